The Hall–Kier alpha value is -2.04. The van der Waals surface area contributed by atoms with Crippen LogP contribution in [0.1, 0.15) is 21.7 Å². The monoisotopic (exact) mass is 236 g/mol. The summed E-state index contributed by atoms with van der Waals surface area (Å²) in [5.41, 5.74) is 1.11. The van der Waals surface area contributed by atoms with E-state index in [-0.39, 0.29) is 11.3 Å². The van der Waals surface area contributed by atoms with E-state index < -0.39 is 11.6 Å². The van der Waals surface area contributed by atoms with Crippen molar-refractivity contribution in [1.29, 1.82) is 0 Å². The molecule has 0 aliphatic carbocycles. The molecule has 0 atom stereocenters. The van der Waals surface area contributed by atoms with Crippen LogP contribution < -0.4 is 0 Å². The molecule has 1 aromatic carbocycles. The van der Waals surface area contributed by atoms with Gasteiger partial charge < -0.3 is 0 Å². The van der Waals surface area contributed by atoms with Crippen LogP contribution in [0.15, 0.2) is 18.5 Å². The van der Waals surface area contributed by atoms with Crippen molar-refractivity contribution < 1.29 is 13.6 Å². The van der Waals surface area contributed by atoms with Crippen molar-refractivity contribution in [2.45, 2.75) is 13.8 Å². The molecule has 1 aromatic heterocycles. The highest BCUT2D eigenvalue weighted by molar-refractivity contribution is 5.75. The zero-order chi connectivity index (χ0) is 12.6. The van der Waals surface area contributed by atoms with Gasteiger partial charge in [0.25, 0.3) is 0 Å². The van der Waals surface area contributed by atoms with Gasteiger partial charge in [0.1, 0.15) is 12.0 Å². The van der Waals surface area contributed by atoms with E-state index in [1.165, 1.54) is 10.9 Å². The molecule has 0 saturated heterocycles. The van der Waals surface area contributed by atoms with E-state index >= 15 is 0 Å². The molecule has 0 saturated carbocycles. The molecule has 0 spiro atoms. The number of rotatable bonds is 2. The van der Waals surface area contributed by atoms with Gasteiger partial charge in [-0.1, -0.05) is 0 Å². The highest BCUT2D eigenvalue weighted by Crippen LogP contribution is 2.21. The number of benzene rings is 1. The van der Waals surface area contributed by atoms with Gasteiger partial charge in [-0.3, -0.25) is 9.36 Å². The predicted octanol–water partition coefficient (Wildman–Crippen LogP) is 2.58. The van der Waals surface area contributed by atoms with Crippen LogP contribution in [0.2, 0.25) is 0 Å². The van der Waals surface area contributed by atoms with Gasteiger partial charge in [0.05, 0.1) is 12.0 Å². The molecular formula is C12H10F2N2O. The lowest BCUT2D eigenvalue weighted by Gasteiger charge is -2.08. The summed E-state index contributed by atoms with van der Waals surface area (Å²) in [6, 6.07) is 2.00. The topological polar surface area (TPSA) is 34.9 Å². The lowest BCUT2D eigenvalue weighted by Crippen LogP contribution is -2.03. The van der Waals surface area contributed by atoms with Gasteiger partial charge in [-0.25, -0.2) is 13.8 Å². The minimum absolute atomic E-state index is 0.0294. The molecule has 0 fully saturated rings. The number of aromatic nitrogens is 2. The number of imidazole rings is 1. The van der Waals surface area contributed by atoms with Crippen molar-refractivity contribution in [3.8, 4) is 5.69 Å². The third-order valence-electron chi connectivity index (χ3n) is 2.67. The van der Waals surface area contributed by atoms with Crippen molar-refractivity contribution in [3.05, 3.63) is 47.0 Å². The first-order valence-electron chi connectivity index (χ1n) is 4.99. The van der Waals surface area contributed by atoms with Gasteiger partial charge in [-0.15, -0.1) is 0 Å². The van der Waals surface area contributed by atoms with E-state index in [1.807, 2.05) is 0 Å². The highest BCUT2D eigenvalue weighted by Gasteiger charge is 2.15. The van der Waals surface area contributed by atoms with Crippen LogP contribution in [0.5, 0.6) is 0 Å². The maximum atomic E-state index is 13.7. The molecule has 0 unspecified atom stereocenters. The minimum atomic E-state index is -0.785. The van der Waals surface area contributed by atoms with Gasteiger partial charge in [0, 0.05) is 11.3 Å². The lowest BCUT2D eigenvalue weighted by molar-refractivity contribution is 0.112. The number of hydrogen-bond donors (Lipinski definition) is 0. The summed E-state index contributed by atoms with van der Waals surface area (Å²) in [4.78, 5) is 14.5. The standard InChI is InChI=1S/C12H10F2N2O/c1-7-8(2)16(6-15-7)12-10(13)3-9(5-17)4-11(12)14/h3-6H,1-2H3. The Bertz CT molecular complexity index is 567. The van der Waals surface area contributed by atoms with Gasteiger partial charge in [0.2, 0.25) is 0 Å². The lowest BCUT2D eigenvalue weighted by atomic mass is 10.2. The van der Waals surface area contributed by atoms with E-state index in [1.54, 1.807) is 13.8 Å². The number of halogens is 2. The van der Waals surface area contributed by atoms with E-state index in [0.717, 1.165) is 12.1 Å². The van der Waals surface area contributed by atoms with Gasteiger partial charge in [-0.2, -0.15) is 0 Å². The number of carbonyl (C=O) groups is 1. The Morgan fingerprint density at radius 3 is 2.24 bits per heavy atom. The molecule has 17 heavy (non-hydrogen) atoms. The first-order valence-corrected chi connectivity index (χ1v) is 4.99. The number of aldehydes is 1. The molecule has 0 aliphatic rings. The van der Waals surface area contributed by atoms with Crippen LogP contribution in [0.25, 0.3) is 5.69 Å². The molecule has 0 radical (unpaired) electrons. The van der Waals surface area contributed by atoms with Gasteiger partial charge in [-0.05, 0) is 26.0 Å². The second kappa shape index (κ2) is 4.08. The summed E-state index contributed by atoms with van der Waals surface area (Å²) in [7, 11) is 0. The average molecular weight is 236 g/mol. The van der Waals surface area contributed by atoms with Crippen LogP contribution in [0, 0.1) is 25.5 Å². The smallest absolute Gasteiger partial charge is 0.150 e. The summed E-state index contributed by atoms with van der Waals surface area (Å²) < 4.78 is 28.8. The molecule has 0 bridgehead atoms. The highest BCUT2D eigenvalue weighted by atomic mass is 19.1. The summed E-state index contributed by atoms with van der Waals surface area (Å²) >= 11 is 0. The summed E-state index contributed by atoms with van der Waals surface area (Å²) in [6.07, 6.45) is 1.76. The van der Waals surface area contributed by atoms with Crippen LogP contribution >= 0.6 is 0 Å². The molecule has 0 aliphatic heterocycles. The average Bonchev–Trinajstić information content (AvgIpc) is 2.60. The van der Waals surface area contributed by atoms with Crippen molar-refractivity contribution in [2.24, 2.45) is 0 Å². The second-order valence-electron chi connectivity index (χ2n) is 3.74. The van der Waals surface area contributed by atoms with Gasteiger partial charge in [0.15, 0.2) is 11.6 Å². The molecule has 88 valence electrons. The summed E-state index contributed by atoms with van der Waals surface area (Å²) in [5.74, 6) is -1.57. The van der Waals surface area contributed by atoms with E-state index in [4.69, 9.17) is 0 Å². The fraction of sp³-hybridized carbons (Fsp3) is 0.167. The Morgan fingerprint density at radius 1 is 1.24 bits per heavy atom. The quantitative estimate of drug-likeness (QED) is 0.751. The van der Waals surface area contributed by atoms with Crippen molar-refractivity contribution in [1.82, 2.24) is 9.55 Å². The van der Waals surface area contributed by atoms with E-state index in [2.05, 4.69) is 4.98 Å². The number of carbonyl (C=O) groups excluding carboxylic acids is 1. The molecule has 0 amide bonds. The molecule has 3 nitrogen and oxygen atoms in total. The van der Waals surface area contributed by atoms with Crippen molar-refractivity contribution in [3.63, 3.8) is 0 Å². The second-order valence-corrected chi connectivity index (χ2v) is 3.74. The molecule has 5 heteroatoms. The third kappa shape index (κ3) is 1.84. The molecule has 2 aromatic rings. The van der Waals surface area contributed by atoms with Crippen molar-refractivity contribution >= 4 is 6.29 Å². The first-order chi connectivity index (χ1) is 8.04. The summed E-state index contributed by atoms with van der Waals surface area (Å²) in [5, 5.41) is 0. The van der Waals surface area contributed by atoms with Crippen LogP contribution in [0.4, 0.5) is 8.78 Å². The number of nitrogens with zero attached hydrogens (tertiary/aromatic N) is 2. The number of aryl methyl sites for hydroxylation is 1. The minimum Gasteiger partial charge on any atom is -0.298 e. The normalized spacial score (nSPS) is 10.6. The molecule has 1 heterocycles. The Kier molecular flexibility index (Phi) is 2.75. The van der Waals surface area contributed by atoms with Crippen molar-refractivity contribution in [2.75, 3.05) is 0 Å². The third-order valence-corrected chi connectivity index (χ3v) is 2.67. The first kappa shape index (κ1) is 11.4. The van der Waals surface area contributed by atoms with Crippen LogP contribution in [-0.2, 0) is 0 Å². The zero-order valence-electron chi connectivity index (χ0n) is 9.37. The predicted molar refractivity (Wildman–Crippen MR) is 58.3 cm³/mol. The number of hydrogen-bond acceptors (Lipinski definition) is 2. The van der Waals surface area contributed by atoms with Crippen LogP contribution in [-0.4, -0.2) is 15.8 Å². The Morgan fingerprint density at radius 2 is 1.82 bits per heavy atom. The summed E-state index contributed by atoms with van der Waals surface area (Å²) in [6.45, 7) is 3.47. The molecule has 2 rings (SSSR count). The van der Waals surface area contributed by atoms with Gasteiger partial charge >= 0.3 is 0 Å². The Balaban J connectivity index is 2.68. The SMILES string of the molecule is Cc1ncn(-c2c(F)cc(C=O)cc2F)c1C. The molecule has 0 N–H and O–H groups in total. The van der Waals surface area contributed by atoms with Crippen LogP contribution in [0.3, 0.4) is 0 Å². The molecular weight excluding hydrogens is 226 g/mol. The zero-order valence-corrected chi connectivity index (χ0v) is 9.37. The largest absolute Gasteiger partial charge is 0.298 e. The maximum Gasteiger partial charge on any atom is 0.150 e. The fourth-order valence-corrected chi connectivity index (χ4v) is 1.61. The Labute approximate surface area is 96.7 Å². The van der Waals surface area contributed by atoms with E-state index in [0.29, 0.717) is 17.7 Å². The fourth-order valence-electron chi connectivity index (χ4n) is 1.61. The van der Waals surface area contributed by atoms with E-state index in [9.17, 15) is 13.6 Å². The maximum absolute atomic E-state index is 13.7.